The molecule has 0 aromatic heterocycles. The van der Waals surface area contributed by atoms with Gasteiger partial charge in [-0.25, -0.2) is 8.42 Å². The zero-order chi connectivity index (χ0) is 14.9. The first-order chi connectivity index (χ1) is 9.32. The van der Waals surface area contributed by atoms with Crippen LogP contribution in [0.15, 0.2) is 52.3 Å². The Bertz CT molecular complexity index is 773. The van der Waals surface area contributed by atoms with Crippen LogP contribution in [0.4, 0.5) is 5.69 Å². The van der Waals surface area contributed by atoms with E-state index in [4.69, 9.17) is 23.2 Å². The second-order valence-electron chi connectivity index (χ2n) is 3.83. The van der Waals surface area contributed by atoms with Crippen LogP contribution in [0.5, 0.6) is 0 Å². The van der Waals surface area contributed by atoms with E-state index >= 15 is 0 Å². The molecule has 5 nitrogen and oxygen atoms in total. The van der Waals surface area contributed by atoms with Gasteiger partial charge in [0.25, 0.3) is 5.69 Å². The number of nitro benzene ring substituents is 1. The average Bonchev–Trinajstić information content (AvgIpc) is 2.38. The summed E-state index contributed by atoms with van der Waals surface area (Å²) < 4.78 is 24.8. The van der Waals surface area contributed by atoms with Crippen LogP contribution in [0.2, 0.25) is 10.0 Å². The van der Waals surface area contributed by atoms with Gasteiger partial charge in [0, 0.05) is 16.1 Å². The Kier molecular flexibility index (Phi) is 3.99. The summed E-state index contributed by atoms with van der Waals surface area (Å²) in [6.45, 7) is 0. The second-order valence-corrected chi connectivity index (χ2v) is 6.62. The summed E-state index contributed by atoms with van der Waals surface area (Å²) in [7, 11) is -4.01. The molecule has 2 aromatic rings. The van der Waals surface area contributed by atoms with Crippen molar-refractivity contribution in [3.8, 4) is 0 Å². The lowest BCUT2D eigenvalue weighted by molar-refractivity contribution is -0.387. The summed E-state index contributed by atoms with van der Waals surface area (Å²) in [5.74, 6) is 0. The first-order valence-electron chi connectivity index (χ1n) is 5.27. The van der Waals surface area contributed by atoms with E-state index in [2.05, 4.69) is 0 Å². The molecule has 8 heteroatoms. The molecule has 0 unspecified atom stereocenters. The zero-order valence-corrected chi connectivity index (χ0v) is 12.1. The highest BCUT2D eigenvalue weighted by molar-refractivity contribution is 7.91. The lowest BCUT2D eigenvalue weighted by Crippen LogP contribution is -2.05. The smallest absolute Gasteiger partial charge is 0.258 e. The molecule has 0 radical (unpaired) electrons. The lowest BCUT2D eigenvalue weighted by Gasteiger charge is -2.06. The standard InChI is InChI=1S/C12H7Cl2NO4S/c13-8-1-4-10(5-2-8)20(18,19)12-6-3-9(14)7-11(12)15(16)17/h1-7H. The molecule has 0 bridgehead atoms. The second kappa shape index (κ2) is 5.40. The van der Waals surface area contributed by atoms with Crippen LogP contribution in [0, 0.1) is 10.1 Å². The lowest BCUT2D eigenvalue weighted by atomic mass is 10.3. The van der Waals surface area contributed by atoms with Crippen molar-refractivity contribution in [1.29, 1.82) is 0 Å². The molecule has 0 saturated heterocycles. The van der Waals surface area contributed by atoms with Crippen molar-refractivity contribution in [2.45, 2.75) is 9.79 Å². The fourth-order valence-corrected chi connectivity index (χ4v) is 3.30. The fraction of sp³-hybridized carbons (Fsp3) is 0. The van der Waals surface area contributed by atoms with Crippen LogP contribution in [0.3, 0.4) is 0 Å². The van der Waals surface area contributed by atoms with Gasteiger partial charge in [-0.1, -0.05) is 23.2 Å². The zero-order valence-electron chi connectivity index (χ0n) is 9.79. The predicted molar refractivity (Wildman–Crippen MR) is 75.0 cm³/mol. The van der Waals surface area contributed by atoms with Gasteiger partial charge in [-0.05, 0) is 36.4 Å². The normalized spacial score (nSPS) is 11.3. The monoisotopic (exact) mass is 331 g/mol. The van der Waals surface area contributed by atoms with Gasteiger partial charge in [0.05, 0.1) is 9.82 Å². The SMILES string of the molecule is O=[N+]([O-])c1cc(Cl)ccc1S(=O)(=O)c1ccc(Cl)cc1. The van der Waals surface area contributed by atoms with Crippen molar-refractivity contribution in [2.24, 2.45) is 0 Å². The highest BCUT2D eigenvalue weighted by Gasteiger charge is 2.27. The molecule has 2 rings (SSSR count). The highest BCUT2D eigenvalue weighted by Crippen LogP contribution is 2.31. The Morgan fingerprint density at radius 2 is 1.50 bits per heavy atom. The molecule has 20 heavy (non-hydrogen) atoms. The van der Waals surface area contributed by atoms with Gasteiger partial charge in [-0.2, -0.15) is 0 Å². The molecule has 0 aliphatic heterocycles. The Hall–Kier alpha value is -1.63. The summed E-state index contributed by atoms with van der Waals surface area (Å²) >= 11 is 11.4. The molecule has 0 aliphatic rings. The maximum Gasteiger partial charge on any atom is 0.289 e. The molecule has 104 valence electrons. The van der Waals surface area contributed by atoms with Gasteiger partial charge in [0.1, 0.15) is 4.90 Å². The number of nitro groups is 1. The predicted octanol–water partition coefficient (Wildman–Crippen LogP) is 3.73. The molecule has 0 aliphatic carbocycles. The van der Waals surface area contributed by atoms with Crippen LogP contribution < -0.4 is 0 Å². The Labute approximate surface area is 124 Å². The van der Waals surface area contributed by atoms with Gasteiger partial charge < -0.3 is 0 Å². The first kappa shape index (κ1) is 14.8. The van der Waals surface area contributed by atoms with E-state index in [-0.39, 0.29) is 9.92 Å². The van der Waals surface area contributed by atoms with Crippen molar-refractivity contribution < 1.29 is 13.3 Å². The van der Waals surface area contributed by atoms with E-state index in [1.54, 1.807) is 0 Å². The minimum atomic E-state index is -4.01. The van der Waals surface area contributed by atoms with E-state index < -0.39 is 25.3 Å². The summed E-state index contributed by atoms with van der Waals surface area (Å²) in [5.41, 5.74) is -0.563. The van der Waals surface area contributed by atoms with Gasteiger partial charge >= 0.3 is 0 Å². The number of hydrogen-bond acceptors (Lipinski definition) is 4. The minimum Gasteiger partial charge on any atom is -0.258 e. The van der Waals surface area contributed by atoms with Crippen molar-refractivity contribution in [1.82, 2.24) is 0 Å². The quantitative estimate of drug-likeness (QED) is 0.634. The van der Waals surface area contributed by atoms with Crippen molar-refractivity contribution in [3.63, 3.8) is 0 Å². The van der Waals surface area contributed by atoms with Crippen LogP contribution >= 0.6 is 23.2 Å². The number of hydrogen-bond donors (Lipinski definition) is 0. The van der Waals surface area contributed by atoms with E-state index in [1.165, 1.54) is 30.3 Å². The Morgan fingerprint density at radius 3 is 2.05 bits per heavy atom. The fourth-order valence-electron chi connectivity index (χ4n) is 1.60. The maximum atomic E-state index is 12.4. The van der Waals surface area contributed by atoms with Gasteiger partial charge in [-0.15, -0.1) is 0 Å². The number of benzene rings is 2. The molecule has 0 heterocycles. The molecule has 0 fully saturated rings. The summed E-state index contributed by atoms with van der Waals surface area (Å²) in [4.78, 5) is 9.70. The van der Waals surface area contributed by atoms with Crippen LogP contribution in [0.1, 0.15) is 0 Å². The summed E-state index contributed by atoms with van der Waals surface area (Å²) in [6, 6.07) is 8.78. The number of rotatable bonds is 3. The van der Waals surface area contributed by atoms with Crippen molar-refractivity contribution in [2.75, 3.05) is 0 Å². The topological polar surface area (TPSA) is 77.3 Å². The number of nitrogens with zero attached hydrogens (tertiary/aromatic N) is 1. The van der Waals surface area contributed by atoms with E-state index in [1.807, 2.05) is 0 Å². The van der Waals surface area contributed by atoms with E-state index in [9.17, 15) is 18.5 Å². The molecule has 0 N–H and O–H groups in total. The molecule has 0 saturated carbocycles. The molecule has 0 spiro atoms. The van der Waals surface area contributed by atoms with Crippen LogP contribution in [0.25, 0.3) is 0 Å². The third kappa shape index (κ3) is 2.77. The van der Waals surface area contributed by atoms with Crippen molar-refractivity contribution in [3.05, 3.63) is 62.6 Å². The molecular formula is C12H7Cl2NO4S. The molecule has 2 aromatic carbocycles. The van der Waals surface area contributed by atoms with Gasteiger partial charge in [0.15, 0.2) is 0 Å². The Morgan fingerprint density at radius 1 is 0.950 bits per heavy atom. The molecule has 0 amide bonds. The van der Waals surface area contributed by atoms with Crippen LogP contribution in [-0.2, 0) is 9.84 Å². The summed E-state index contributed by atoms with van der Waals surface area (Å²) in [5, 5.41) is 11.4. The van der Waals surface area contributed by atoms with Gasteiger partial charge in [0.2, 0.25) is 9.84 Å². The van der Waals surface area contributed by atoms with Gasteiger partial charge in [-0.3, -0.25) is 10.1 Å². The maximum absolute atomic E-state index is 12.4. The molecular weight excluding hydrogens is 325 g/mol. The first-order valence-corrected chi connectivity index (χ1v) is 7.51. The number of halogens is 2. The van der Waals surface area contributed by atoms with E-state index in [0.29, 0.717) is 5.02 Å². The molecule has 0 atom stereocenters. The third-order valence-electron chi connectivity index (χ3n) is 2.53. The Balaban J connectivity index is 2.66. The summed E-state index contributed by atoms with van der Waals surface area (Å²) in [6.07, 6.45) is 0. The average molecular weight is 332 g/mol. The van der Waals surface area contributed by atoms with Crippen LogP contribution in [-0.4, -0.2) is 13.3 Å². The number of sulfone groups is 1. The highest BCUT2D eigenvalue weighted by atomic mass is 35.5. The van der Waals surface area contributed by atoms with E-state index in [0.717, 1.165) is 12.1 Å². The minimum absolute atomic E-state index is 0.0766. The van der Waals surface area contributed by atoms with Crippen molar-refractivity contribution >= 4 is 38.7 Å². The third-order valence-corrected chi connectivity index (χ3v) is 4.84. The largest absolute Gasteiger partial charge is 0.289 e.